The molecule has 1 atom stereocenters. The van der Waals surface area contributed by atoms with Gasteiger partial charge in [0.25, 0.3) is 0 Å². The number of halogens is 3. The second kappa shape index (κ2) is 6.91. The van der Waals surface area contributed by atoms with Gasteiger partial charge in [-0.2, -0.15) is 17.9 Å². The van der Waals surface area contributed by atoms with E-state index in [2.05, 4.69) is 9.71 Å². The van der Waals surface area contributed by atoms with Gasteiger partial charge in [0, 0.05) is 13.3 Å². The summed E-state index contributed by atoms with van der Waals surface area (Å²) >= 11 is 0. The van der Waals surface area contributed by atoms with Gasteiger partial charge in [0.05, 0.1) is 6.61 Å². The van der Waals surface area contributed by atoms with Gasteiger partial charge in [-0.05, 0) is 31.2 Å². The Labute approximate surface area is 136 Å². The van der Waals surface area contributed by atoms with E-state index in [9.17, 15) is 21.6 Å². The molecule has 132 valence electrons. The fourth-order valence-electron chi connectivity index (χ4n) is 2.05. The van der Waals surface area contributed by atoms with Crippen LogP contribution in [-0.4, -0.2) is 27.1 Å². The van der Waals surface area contributed by atoms with Crippen molar-refractivity contribution in [3.05, 3.63) is 47.7 Å². The number of nitrogens with one attached hydrogen (secondary N) is 1. The first-order chi connectivity index (χ1) is 11.1. The number of hydrogen-bond acceptors (Lipinski definition) is 5. The van der Waals surface area contributed by atoms with E-state index in [1.54, 1.807) is 13.0 Å². The van der Waals surface area contributed by atoms with E-state index in [-0.39, 0.29) is 12.4 Å². The average Bonchev–Trinajstić information content (AvgIpc) is 2.92. The molecule has 2 aromatic rings. The standard InChI is InChI=1S/C14H15F3N2O4S/c1-9-5-6-11(23-9)10(8-22-2)19-24(20,21)12-4-3-7-18-13(12)14(15,16)17/h3-7,10,19H,8H2,1-2H3. The number of alkyl halides is 3. The van der Waals surface area contributed by atoms with E-state index in [0.717, 1.165) is 18.3 Å². The zero-order valence-electron chi connectivity index (χ0n) is 12.8. The maximum Gasteiger partial charge on any atom is 0.434 e. The molecule has 0 aliphatic heterocycles. The highest BCUT2D eigenvalue weighted by Gasteiger charge is 2.39. The second-order valence-corrected chi connectivity index (χ2v) is 6.61. The van der Waals surface area contributed by atoms with Crippen LogP contribution in [0.3, 0.4) is 0 Å². The molecule has 2 heterocycles. The molecule has 2 rings (SSSR count). The molecular weight excluding hydrogens is 349 g/mol. The van der Waals surface area contributed by atoms with Crippen molar-refractivity contribution in [1.29, 1.82) is 0 Å². The number of ether oxygens (including phenoxy) is 1. The Morgan fingerprint density at radius 1 is 1.33 bits per heavy atom. The molecule has 24 heavy (non-hydrogen) atoms. The van der Waals surface area contributed by atoms with E-state index in [1.165, 1.54) is 13.2 Å². The molecule has 0 saturated heterocycles. The molecule has 0 saturated carbocycles. The summed E-state index contributed by atoms with van der Waals surface area (Å²) in [6.45, 7) is 1.54. The summed E-state index contributed by atoms with van der Waals surface area (Å²) in [6.07, 6.45) is -4.02. The summed E-state index contributed by atoms with van der Waals surface area (Å²) in [7, 11) is -3.17. The number of rotatable bonds is 6. The fourth-order valence-corrected chi connectivity index (χ4v) is 3.42. The third-order valence-corrected chi connectivity index (χ3v) is 4.57. The van der Waals surface area contributed by atoms with Crippen LogP contribution in [0.25, 0.3) is 0 Å². The van der Waals surface area contributed by atoms with E-state index in [4.69, 9.17) is 9.15 Å². The quantitative estimate of drug-likeness (QED) is 0.852. The summed E-state index contributed by atoms with van der Waals surface area (Å²) < 4.78 is 76.2. The highest BCUT2D eigenvalue weighted by molar-refractivity contribution is 7.89. The number of aryl methyl sites for hydroxylation is 1. The number of aromatic nitrogens is 1. The van der Waals surface area contributed by atoms with Gasteiger partial charge in [0.1, 0.15) is 22.5 Å². The van der Waals surface area contributed by atoms with Crippen LogP contribution in [0.5, 0.6) is 0 Å². The molecule has 0 radical (unpaired) electrons. The van der Waals surface area contributed by atoms with Gasteiger partial charge in [-0.3, -0.25) is 4.98 Å². The second-order valence-electron chi connectivity index (χ2n) is 4.93. The first-order valence-electron chi connectivity index (χ1n) is 6.75. The van der Waals surface area contributed by atoms with Crippen molar-refractivity contribution in [3.8, 4) is 0 Å². The Kier molecular flexibility index (Phi) is 5.31. The van der Waals surface area contributed by atoms with Crippen LogP contribution in [0.4, 0.5) is 13.2 Å². The molecule has 6 nitrogen and oxygen atoms in total. The SMILES string of the molecule is COCC(NS(=O)(=O)c1cccnc1C(F)(F)F)c1ccc(C)o1. The average molecular weight is 364 g/mol. The first kappa shape index (κ1) is 18.4. The largest absolute Gasteiger partial charge is 0.465 e. The molecule has 2 aromatic heterocycles. The van der Waals surface area contributed by atoms with Crippen LogP contribution in [-0.2, 0) is 20.9 Å². The highest BCUT2D eigenvalue weighted by atomic mass is 32.2. The van der Waals surface area contributed by atoms with Crippen LogP contribution in [0.2, 0.25) is 0 Å². The summed E-state index contributed by atoms with van der Waals surface area (Å²) in [4.78, 5) is 2.19. The van der Waals surface area contributed by atoms with Crippen molar-refractivity contribution in [3.63, 3.8) is 0 Å². The molecular formula is C14H15F3N2O4S. The molecule has 0 fully saturated rings. The van der Waals surface area contributed by atoms with Crippen molar-refractivity contribution < 1.29 is 30.7 Å². The van der Waals surface area contributed by atoms with Gasteiger partial charge < -0.3 is 9.15 Å². The monoisotopic (exact) mass is 364 g/mol. The predicted octanol–water partition coefficient (Wildman–Crippen LogP) is 2.67. The lowest BCUT2D eigenvalue weighted by Gasteiger charge is -2.18. The third kappa shape index (κ3) is 4.13. The topological polar surface area (TPSA) is 81.4 Å². The molecule has 1 N–H and O–H groups in total. The van der Waals surface area contributed by atoms with E-state index >= 15 is 0 Å². The fraction of sp³-hybridized carbons (Fsp3) is 0.357. The first-order valence-corrected chi connectivity index (χ1v) is 8.23. The van der Waals surface area contributed by atoms with Crippen LogP contribution in [0.15, 0.2) is 39.8 Å². The Morgan fingerprint density at radius 3 is 2.58 bits per heavy atom. The van der Waals surface area contributed by atoms with E-state index in [0.29, 0.717) is 5.76 Å². The zero-order chi connectivity index (χ0) is 18.0. The summed E-state index contributed by atoms with van der Waals surface area (Å²) in [5.41, 5.74) is -1.48. The lowest BCUT2D eigenvalue weighted by atomic mass is 10.2. The molecule has 0 aliphatic rings. The Morgan fingerprint density at radius 2 is 2.04 bits per heavy atom. The van der Waals surface area contributed by atoms with Crippen LogP contribution >= 0.6 is 0 Å². The minimum absolute atomic E-state index is 0.117. The molecule has 0 amide bonds. The molecule has 0 bridgehead atoms. The maximum atomic E-state index is 13.0. The summed E-state index contributed by atoms with van der Waals surface area (Å²) in [5.74, 6) is 0.762. The van der Waals surface area contributed by atoms with Gasteiger partial charge >= 0.3 is 6.18 Å². The van der Waals surface area contributed by atoms with Crippen LogP contribution in [0, 0.1) is 6.92 Å². The highest BCUT2D eigenvalue weighted by Crippen LogP contribution is 2.32. The Bertz CT molecular complexity index is 802. The molecule has 0 aliphatic carbocycles. The maximum absolute atomic E-state index is 13.0. The van der Waals surface area contributed by atoms with Crippen molar-refractivity contribution in [2.75, 3.05) is 13.7 Å². The Balaban J connectivity index is 2.40. The van der Waals surface area contributed by atoms with Gasteiger partial charge in [-0.15, -0.1) is 0 Å². The van der Waals surface area contributed by atoms with E-state index < -0.39 is 32.8 Å². The predicted molar refractivity (Wildman–Crippen MR) is 77.6 cm³/mol. The van der Waals surface area contributed by atoms with Crippen molar-refractivity contribution in [2.24, 2.45) is 0 Å². The third-order valence-electron chi connectivity index (χ3n) is 3.06. The van der Waals surface area contributed by atoms with Gasteiger partial charge in [-0.25, -0.2) is 8.42 Å². The molecule has 0 aromatic carbocycles. The summed E-state index contributed by atoms with van der Waals surface area (Å²) in [6, 6.07) is 4.11. The van der Waals surface area contributed by atoms with E-state index in [1.807, 2.05) is 0 Å². The lowest BCUT2D eigenvalue weighted by molar-refractivity contribution is -0.143. The number of methoxy groups -OCH3 is 1. The van der Waals surface area contributed by atoms with Gasteiger partial charge in [0.2, 0.25) is 10.0 Å². The molecule has 1 unspecified atom stereocenters. The number of pyridine rings is 1. The van der Waals surface area contributed by atoms with Crippen LogP contribution < -0.4 is 4.72 Å². The van der Waals surface area contributed by atoms with Crippen LogP contribution in [0.1, 0.15) is 23.3 Å². The van der Waals surface area contributed by atoms with Crippen molar-refractivity contribution in [2.45, 2.75) is 24.0 Å². The van der Waals surface area contributed by atoms with Gasteiger partial charge in [0.15, 0.2) is 5.69 Å². The minimum Gasteiger partial charge on any atom is -0.465 e. The molecule has 0 spiro atoms. The normalized spacial score (nSPS) is 13.9. The minimum atomic E-state index is -4.90. The zero-order valence-corrected chi connectivity index (χ0v) is 13.6. The number of sulfonamides is 1. The van der Waals surface area contributed by atoms with Crippen molar-refractivity contribution >= 4 is 10.0 Å². The lowest BCUT2D eigenvalue weighted by Crippen LogP contribution is -2.32. The molecule has 10 heteroatoms. The Hall–Kier alpha value is -1.91. The summed E-state index contributed by atoms with van der Waals surface area (Å²) in [5, 5.41) is 0. The number of hydrogen-bond donors (Lipinski definition) is 1. The smallest absolute Gasteiger partial charge is 0.434 e. The number of nitrogens with zero attached hydrogens (tertiary/aromatic N) is 1. The van der Waals surface area contributed by atoms with Crippen molar-refractivity contribution in [1.82, 2.24) is 9.71 Å². The number of furan rings is 1. The van der Waals surface area contributed by atoms with Gasteiger partial charge in [-0.1, -0.05) is 0 Å².